The third-order valence-corrected chi connectivity index (χ3v) is 3.07. The lowest BCUT2D eigenvalue weighted by atomic mass is 10.2. The molecule has 2 heterocycles. The molecule has 94 valence electrons. The number of thiazole rings is 1. The summed E-state index contributed by atoms with van der Waals surface area (Å²) in [6.07, 6.45) is 3.39. The first-order chi connectivity index (χ1) is 8.70. The number of pyridine rings is 1. The molecule has 0 fully saturated rings. The number of aryl methyl sites for hydroxylation is 1. The monoisotopic (exact) mass is 262 g/mol. The molecule has 2 rings (SSSR count). The van der Waals surface area contributed by atoms with E-state index >= 15 is 0 Å². The molecule has 0 unspecified atom stereocenters. The topological polar surface area (TPSA) is 66.9 Å². The van der Waals surface area contributed by atoms with Crippen molar-refractivity contribution in [2.24, 2.45) is 0 Å². The molecule has 18 heavy (non-hydrogen) atoms. The standard InChI is InChI=1S/C12H14N4OS/c1-3-13-10-9(5-4-6-14-10)11(17)16-12-15-7-8(2)18-12/h4-7H,3H2,1-2H3,(H,13,14)(H,15,16,17). The molecule has 0 aliphatic rings. The lowest BCUT2D eigenvalue weighted by Gasteiger charge is -2.08. The van der Waals surface area contributed by atoms with Crippen molar-refractivity contribution in [3.8, 4) is 0 Å². The van der Waals surface area contributed by atoms with Crippen LogP contribution >= 0.6 is 11.3 Å². The van der Waals surface area contributed by atoms with Crippen LogP contribution in [0.25, 0.3) is 0 Å². The van der Waals surface area contributed by atoms with Crippen molar-refractivity contribution < 1.29 is 4.79 Å². The number of nitrogens with zero attached hydrogens (tertiary/aromatic N) is 2. The molecule has 0 atom stereocenters. The van der Waals surface area contributed by atoms with Crippen LogP contribution in [0, 0.1) is 6.92 Å². The van der Waals surface area contributed by atoms with E-state index in [1.54, 1.807) is 24.5 Å². The van der Waals surface area contributed by atoms with Crippen molar-refractivity contribution in [2.75, 3.05) is 17.2 Å². The molecule has 0 aliphatic carbocycles. The molecule has 6 heteroatoms. The van der Waals surface area contributed by atoms with Crippen LogP contribution in [0.15, 0.2) is 24.5 Å². The van der Waals surface area contributed by atoms with Crippen LogP contribution in [0.3, 0.4) is 0 Å². The first-order valence-electron chi connectivity index (χ1n) is 5.63. The molecular formula is C12H14N4OS. The van der Waals surface area contributed by atoms with Crippen molar-refractivity contribution in [1.82, 2.24) is 9.97 Å². The number of carbonyl (C=O) groups is 1. The highest BCUT2D eigenvalue weighted by Crippen LogP contribution is 2.19. The Labute approximate surface area is 109 Å². The van der Waals surface area contributed by atoms with E-state index in [-0.39, 0.29) is 5.91 Å². The van der Waals surface area contributed by atoms with Gasteiger partial charge in [0.15, 0.2) is 5.13 Å². The Bertz CT molecular complexity index is 553. The van der Waals surface area contributed by atoms with E-state index in [1.807, 2.05) is 13.8 Å². The van der Waals surface area contributed by atoms with E-state index in [4.69, 9.17) is 0 Å². The Morgan fingerprint density at radius 2 is 2.28 bits per heavy atom. The summed E-state index contributed by atoms with van der Waals surface area (Å²) < 4.78 is 0. The Hall–Kier alpha value is -1.95. The van der Waals surface area contributed by atoms with Gasteiger partial charge in [-0.2, -0.15) is 0 Å². The van der Waals surface area contributed by atoms with Crippen molar-refractivity contribution in [2.45, 2.75) is 13.8 Å². The second-order valence-electron chi connectivity index (χ2n) is 3.66. The third kappa shape index (κ3) is 2.84. The average molecular weight is 262 g/mol. The largest absolute Gasteiger partial charge is 0.370 e. The minimum Gasteiger partial charge on any atom is -0.370 e. The third-order valence-electron chi connectivity index (χ3n) is 2.24. The number of hydrogen-bond donors (Lipinski definition) is 2. The highest BCUT2D eigenvalue weighted by molar-refractivity contribution is 7.15. The summed E-state index contributed by atoms with van der Waals surface area (Å²) in [6, 6.07) is 3.48. The molecule has 0 radical (unpaired) electrons. The van der Waals surface area contributed by atoms with Gasteiger partial charge in [0.05, 0.1) is 5.56 Å². The van der Waals surface area contributed by atoms with Gasteiger partial charge in [-0.15, -0.1) is 11.3 Å². The molecule has 2 aromatic rings. The van der Waals surface area contributed by atoms with Crippen LogP contribution in [0.5, 0.6) is 0 Å². The quantitative estimate of drug-likeness (QED) is 0.888. The maximum atomic E-state index is 12.1. The molecule has 5 nitrogen and oxygen atoms in total. The highest BCUT2D eigenvalue weighted by Gasteiger charge is 2.13. The fourth-order valence-corrected chi connectivity index (χ4v) is 2.13. The van der Waals surface area contributed by atoms with Crippen LogP contribution in [-0.4, -0.2) is 22.4 Å². The summed E-state index contributed by atoms with van der Waals surface area (Å²) in [5, 5.41) is 6.43. The smallest absolute Gasteiger partial charge is 0.261 e. The molecule has 0 aliphatic heterocycles. The van der Waals surface area contributed by atoms with E-state index in [2.05, 4.69) is 20.6 Å². The Balaban J connectivity index is 2.18. The summed E-state index contributed by atoms with van der Waals surface area (Å²) in [5.74, 6) is 0.388. The van der Waals surface area contributed by atoms with E-state index in [0.717, 1.165) is 4.88 Å². The van der Waals surface area contributed by atoms with Gasteiger partial charge in [0, 0.05) is 23.8 Å². The second kappa shape index (κ2) is 5.59. The zero-order chi connectivity index (χ0) is 13.0. The number of nitrogens with one attached hydrogen (secondary N) is 2. The Morgan fingerprint density at radius 3 is 2.94 bits per heavy atom. The Morgan fingerprint density at radius 1 is 1.44 bits per heavy atom. The zero-order valence-corrected chi connectivity index (χ0v) is 11.0. The number of carbonyl (C=O) groups excluding carboxylic acids is 1. The van der Waals surface area contributed by atoms with E-state index in [0.29, 0.717) is 23.1 Å². The van der Waals surface area contributed by atoms with Gasteiger partial charge in [-0.25, -0.2) is 9.97 Å². The normalized spacial score (nSPS) is 10.1. The minimum absolute atomic E-state index is 0.201. The van der Waals surface area contributed by atoms with Gasteiger partial charge in [0.1, 0.15) is 5.82 Å². The fourth-order valence-electron chi connectivity index (χ4n) is 1.47. The van der Waals surface area contributed by atoms with Gasteiger partial charge < -0.3 is 5.32 Å². The Kier molecular flexibility index (Phi) is 3.88. The van der Waals surface area contributed by atoms with Crippen molar-refractivity contribution in [3.63, 3.8) is 0 Å². The van der Waals surface area contributed by atoms with Crippen molar-refractivity contribution in [1.29, 1.82) is 0 Å². The molecule has 0 bridgehead atoms. The number of anilines is 2. The molecule has 0 aromatic carbocycles. The predicted octanol–water partition coefficient (Wildman–Crippen LogP) is 2.53. The van der Waals surface area contributed by atoms with Gasteiger partial charge in [0.2, 0.25) is 0 Å². The van der Waals surface area contributed by atoms with Gasteiger partial charge >= 0.3 is 0 Å². The molecule has 1 amide bonds. The molecule has 0 saturated heterocycles. The highest BCUT2D eigenvalue weighted by atomic mass is 32.1. The van der Waals surface area contributed by atoms with E-state index < -0.39 is 0 Å². The van der Waals surface area contributed by atoms with Gasteiger partial charge in [-0.05, 0) is 26.0 Å². The van der Waals surface area contributed by atoms with Crippen LogP contribution in [0.4, 0.5) is 10.9 Å². The van der Waals surface area contributed by atoms with Crippen LogP contribution in [0.1, 0.15) is 22.2 Å². The van der Waals surface area contributed by atoms with E-state index in [9.17, 15) is 4.79 Å². The second-order valence-corrected chi connectivity index (χ2v) is 4.89. The maximum Gasteiger partial charge on any atom is 0.261 e. The lowest BCUT2D eigenvalue weighted by molar-refractivity contribution is 0.102. The summed E-state index contributed by atoms with van der Waals surface area (Å²) in [6.45, 7) is 4.62. The molecule has 0 spiro atoms. The maximum absolute atomic E-state index is 12.1. The molecule has 0 saturated carbocycles. The predicted molar refractivity (Wildman–Crippen MR) is 73.2 cm³/mol. The lowest BCUT2D eigenvalue weighted by Crippen LogP contribution is -2.15. The van der Waals surface area contributed by atoms with Gasteiger partial charge in [-0.1, -0.05) is 0 Å². The first-order valence-corrected chi connectivity index (χ1v) is 6.45. The average Bonchev–Trinajstić information content (AvgIpc) is 2.76. The van der Waals surface area contributed by atoms with Gasteiger partial charge in [0.25, 0.3) is 5.91 Å². The first kappa shape index (κ1) is 12.5. The number of aromatic nitrogens is 2. The minimum atomic E-state index is -0.201. The van der Waals surface area contributed by atoms with Crippen molar-refractivity contribution >= 4 is 28.2 Å². The molecule has 2 N–H and O–H groups in total. The summed E-state index contributed by atoms with van der Waals surface area (Å²) in [4.78, 5) is 21.4. The van der Waals surface area contributed by atoms with Crippen LogP contribution < -0.4 is 10.6 Å². The van der Waals surface area contributed by atoms with Gasteiger partial charge in [-0.3, -0.25) is 10.1 Å². The number of rotatable bonds is 4. The molecule has 2 aromatic heterocycles. The number of amides is 1. The number of hydrogen-bond acceptors (Lipinski definition) is 5. The summed E-state index contributed by atoms with van der Waals surface area (Å²) in [7, 11) is 0. The zero-order valence-electron chi connectivity index (χ0n) is 10.2. The van der Waals surface area contributed by atoms with Crippen LogP contribution in [0.2, 0.25) is 0 Å². The van der Waals surface area contributed by atoms with E-state index in [1.165, 1.54) is 11.3 Å². The van der Waals surface area contributed by atoms with Crippen LogP contribution in [-0.2, 0) is 0 Å². The summed E-state index contributed by atoms with van der Waals surface area (Å²) in [5.41, 5.74) is 0.521. The fraction of sp³-hybridized carbons (Fsp3) is 0.250. The van der Waals surface area contributed by atoms with Crippen molar-refractivity contribution in [3.05, 3.63) is 35.0 Å². The SMILES string of the molecule is CCNc1ncccc1C(=O)Nc1ncc(C)s1. The molecular weight excluding hydrogens is 248 g/mol. The summed E-state index contributed by atoms with van der Waals surface area (Å²) >= 11 is 1.45.